The SMILES string of the molecule is C=CC[C@@H](C[C@@H](C[C@@H](C[C@H](OC)/C(C)=C/C(C)=C\C=C(/C)[N-]C)OC)OC)OC. The quantitative estimate of drug-likeness (QED) is 0.247. The van der Waals surface area contributed by atoms with Gasteiger partial charge in [-0.3, -0.25) is 0 Å². The van der Waals surface area contributed by atoms with Crippen molar-refractivity contribution in [3.63, 3.8) is 0 Å². The fourth-order valence-electron chi connectivity index (χ4n) is 3.17. The Morgan fingerprint density at radius 2 is 1.38 bits per heavy atom. The van der Waals surface area contributed by atoms with Crippen molar-refractivity contribution in [2.45, 2.75) is 70.9 Å². The molecule has 168 valence electrons. The Morgan fingerprint density at radius 3 is 1.86 bits per heavy atom. The highest BCUT2D eigenvalue weighted by atomic mass is 16.5. The predicted molar refractivity (Wildman–Crippen MR) is 122 cm³/mol. The highest BCUT2D eigenvalue weighted by Crippen LogP contribution is 2.22. The number of methoxy groups -OCH3 is 4. The standard InChI is InChI=1S/C24H42NO4/c1-10-11-21(26-6)15-22(27-7)16-23(28-8)17-24(29-9)19(3)14-18(2)12-13-20(4)25-5/h10,12-14,21-24H,1,11,15-17H2,2-9H3/q-1/b18-12-,19-14+,20-13+/t21-,22-,23-,24-/m0/s1. The lowest BCUT2D eigenvalue weighted by Gasteiger charge is -2.27. The predicted octanol–water partition coefficient (Wildman–Crippen LogP) is 5.59. The molecule has 0 N–H and O–H groups in total. The van der Waals surface area contributed by atoms with Crippen molar-refractivity contribution < 1.29 is 18.9 Å². The van der Waals surface area contributed by atoms with Gasteiger partial charge in [-0.25, -0.2) is 0 Å². The third-order valence-electron chi connectivity index (χ3n) is 5.15. The second kappa shape index (κ2) is 16.4. The lowest BCUT2D eigenvalue weighted by molar-refractivity contribution is -0.0263. The van der Waals surface area contributed by atoms with Crippen LogP contribution in [0.1, 0.15) is 46.5 Å². The Kier molecular flexibility index (Phi) is 15.6. The zero-order valence-electron chi connectivity index (χ0n) is 19.7. The van der Waals surface area contributed by atoms with Gasteiger partial charge in [0.25, 0.3) is 0 Å². The molecule has 5 heteroatoms. The van der Waals surface area contributed by atoms with Crippen LogP contribution in [0.2, 0.25) is 0 Å². The first kappa shape index (κ1) is 27.6. The third-order valence-corrected chi connectivity index (χ3v) is 5.15. The van der Waals surface area contributed by atoms with Crippen LogP contribution in [0.5, 0.6) is 0 Å². The molecule has 0 saturated carbocycles. The minimum absolute atomic E-state index is 0.0202. The lowest BCUT2D eigenvalue weighted by Crippen LogP contribution is -2.30. The molecule has 5 nitrogen and oxygen atoms in total. The Balaban J connectivity index is 5.07. The zero-order chi connectivity index (χ0) is 22.2. The molecule has 0 aromatic rings. The van der Waals surface area contributed by atoms with E-state index in [1.807, 2.05) is 19.1 Å². The maximum Gasteiger partial charge on any atom is 0.0806 e. The van der Waals surface area contributed by atoms with E-state index in [0.717, 1.165) is 42.5 Å². The third kappa shape index (κ3) is 12.0. The molecule has 0 unspecified atom stereocenters. The summed E-state index contributed by atoms with van der Waals surface area (Å²) >= 11 is 0. The van der Waals surface area contributed by atoms with Gasteiger partial charge in [-0.2, -0.15) is 5.70 Å². The topological polar surface area (TPSA) is 51.0 Å². The van der Waals surface area contributed by atoms with E-state index < -0.39 is 0 Å². The van der Waals surface area contributed by atoms with Crippen molar-refractivity contribution in [1.29, 1.82) is 0 Å². The number of ether oxygens (including phenoxy) is 4. The van der Waals surface area contributed by atoms with Gasteiger partial charge in [-0.15, -0.1) is 13.6 Å². The summed E-state index contributed by atoms with van der Waals surface area (Å²) in [6.07, 6.45) is 11.4. The molecule has 0 aromatic carbocycles. The fraction of sp³-hybridized carbons (Fsp3) is 0.667. The first-order valence-corrected chi connectivity index (χ1v) is 10.2. The average Bonchev–Trinajstić information content (AvgIpc) is 2.73. The highest BCUT2D eigenvalue weighted by Gasteiger charge is 2.23. The summed E-state index contributed by atoms with van der Waals surface area (Å²) in [5, 5.41) is 4.14. The van der Waals surface area contributed by atoms with Gasteiger partial charge in [-0.1, -0.05) is 36.8 Å². The summed E-state index contributed by atoms with van der Waals surface area (Å²) in [4.78, 5) is 0. The Hall–Kier alpha value is -1.40. The molecular formula is C24H42NO4-. The van der Waals surface area contributed by atoms with E-state index in [0.29, 0.717) is 0 Å². The van der Waals surface area contributed by atoms with E-state index in [1.165, 1.54) is 0 Å². The van der Waals surface area contributed by atoms with Gasteiger partial charge in [0, 0.05) is 41.3 Å². The van der Waals surface area contributed by atoms with Crippen molar-refractivity contribution in [2.24, 2.45) is 0 Å². The fourth-order valence-corrected chi connectivity index (χ4v) is 3.17. The van der Waals surface area contributed by atoms with Gasteiger partial charge in [0.05, 0.1) is 24.4 Å². The average molecular weight is 409 g/mol. The van der Waals surface area contributed by atoms with Gasteiger partial charge in [0.15, 0.2) is 0 Å². The molecule has 0 aliphatic heterocycles. The number of hydrogen-bond donors (Lipinski definition) is 0. The maximum atomic E-state index is 5.76. The molecule has 0 aliphatic carbocycles. The van der Waals surface area contributed by atoms with Crippen molar-refractivity contribution >= 4 is 0 Å². The molecule has 0 amide bonds. The Morgan fingerprint density at radius 1 is 0.828 bits per heavy atom. The molecule has 0 rings (SSSR count). The number of nitrogens with zero attached hydrogens (tertiary/aromatic N) is 1. The monoisotopic (exact) mass is 408 g/mol. The normalized spacial score (nSPS) is 17.6. The minimum atomic E-state index is -0.0202. The van der Waals surface area contributed by atoms with Crippen LogP contribution in [0.3, 0.4) is 0 Å². The Labute approximate surface area is 178 Å². The number of rotatable bonds is 16. The molecular weight excluding hydrogens is 366 g/mol. The van der Waals surface area contributed by atoms with Crippen molar-refractivity contribution in [1.82, 2.24) is 0 Å². The molecule has 29 heavy (non-hydrogen) atoms. The van der Waals surface area contributed by atoms with E-state index in [4.69, 9.17) is 18.9 Å². The van der Waals surface area contributed by atoms with Crippen LogP contribution in [-0.4, -0.2) is 59.9 Å². The number of hydrogen-bond acceptors (Lipinski definition) is 4. The van der Waals surface area contributed by atoms with E-state index >= 15 is 0 Å². The van der Waals surface area contributed by atoms with Crippen LogP contribution in [-0.2, 0) is 18.9 Å². The van der Waals surface area contributed by atoms with E-state index in [9.17, 15) is 0 Å². The molecule has 0 heterocycles. The van der Waals surface area contributed by atoms with Crippen LogP contribution >= 0.6 is 0 Å². The molecule has 0 radical (unpaired) electrons. The second-order valence-corrected chi connectivity index (χ2v) is 7.36. The molecule has 0 aliphatic rings. The van der Waals surface area contributed by atoms with Crippen LogP contribution in [0.15, 0.2) is 47.7 Å². The van der Waals surface area contributed by atoms with Crippen molar-refractivity contribution in [3.8, 4) is 0 Å². The summed E-state index contributed by atoms with van der Waals surface area (Å²) in [5.74, 6) is 0. The van der Waals surface area contributed by atoms with Crippen LogP contribution < -0.4 is 0 Å². The first-order chi connectivity index (χ1) is 13.8. The molecule has 4 atom stereocenters. The molecule has 0 bridgehead atoms. The second-order valence-electron chi connectivity index (χ2n) is 7.36. The van der Waals surface area contributed by atoms with Gasteiger partial charge < -0.3 is 24.3 Å². The maximum absolute atomic E-state index is 5.76. The van der Waals surface area contributed by atoms with E-state index in [1.54, 1.807) is 35.5 Å². The summed E-state index contributed by atoms with van der Waals surface area (Å²) in [6.45, 7) is 9.95. The summed E-state index contributed by atoms with van der Waals surface area (Å²) in [6, 6.07) is 0. The summed E-state index contributed by atoms with van der Waals surface area (Å²) in [5.41, 5.74) is 3.32. The van der Waals surface area contributed by atoms with E-state index in [-0.39, 0.29) is 24.4 Å². The minimum Gasteiger partial charge on any atom is -0.691 e. The first-order valence-electron chi connectivity index (χ1n) is 10.2. The molecule has 0 saturated heterocycles. The van der Waals surface area contributed by atoms with Crippen LogP contribution in [0.25, 0.3) is 5.32 Å². The lowest BCUT2D eigenvalue weighted by atomic mass is 9.96. The van der Waals surface area contributed by atoms with Crippen molar-refractivity contribution in [3.05, 3.63) is 53.0 Å². The largest absolute Gasteiger partial charge is 0.691 e. The van der Waals surface area contributed by atoms with Crippen LogP contribution in [0, 0.1) is 0 Å². The summed E-state index contributed by atoms with van der Waals surface area (Å²) < 4.78 is 22.7. The van der Waals surface area contributed by atoms with Crippen molar-refractivity contribution in [2.75, 3.05) is 35.5 Å². The smallest absolute Gasteiger partial charge is 0.0806 e. The number of allylic oxidation sites excluding steroid dienone is 5. The molecule has 0 spiro atoms. The molecule has 0 aromatic heterocycles. The highest BCUT2D eigenvalue weighted by molar-refractivity contribution is 5.29. The van der Waals surface area contributed by atoms with Gasteiger partial charge in [0.2, 0.25) is 0 Å². The molecule has 0 fully saturated rings. The van der Waals surface area contributed by atoms with Gasteiger partial charge in [0.1, 0.15) is 0 Å². The van der Waals surface area contributed by atoms with Gasteiger partial charge in [-0.05, 0) is 32.3 Å². The zero-order valence-corrected chi connectivity index (χ0v) is 19.7. The van der Waals surface area contributed by atoms with Crippen LogP contribution in [0.4, 0.5) is 0 Å². The van der Waals surface area contributed by atoms with E-state index in [2.05, 4.69) is 37.9 Å². The van der Waals surface area contributed by atoms with Gasteiger partial charge >= 0.3 is 0 Å². The Bertz CT molecular complexity index is 539. The summed E-state index contributed by atoms with van der Waals surface area (Å²) in [7, 11) is 8.75.